The molecule has 0 bridgehead atoms. The average Bonchev–Trinajstić information content (AvgIpc) is 3.01. The van der Waals surface area contributed by atoms with E-state index in [9.17, 15) is 14.4 Å². The van der Waals surface area contributed by atoms with Crippen LogP contribution in [0.1, 0.15) is 17.3 Å². The zero-order valence-corrected chi connectivity index (χ0v) is 13.6. The van der Waals surface area contributed by atoms with E-state index in [2.05, 4.69) is 10.3 Å². The van der Waals surface area contributed by atoms with Crippen LogP contribution in [-0.4, -0.2) is 42.5 Å². The number of anilines is 1. The van der Waals surface area contributed by atoms with Gasteiger partial charge >= 0.3 is 6.09 Å². The van der Waals surface area contributed by atoms with E-state index in [1.807, 2.05) is 18.2 Å². The molecule has 1 saturated heterocycles. The minimum atomic E-state index is -0.481. The van der Waals surface area contributed by atoms with E-state index in [1.165, 1.54) is 11.8 Å². The predicted octanol–water partition coefficient (Wildman–Crippen LogP) is 2.02. The largest absolute Gasteiger partial charge is 0.442 e. The maximum absolute atomic E-state index is 12.0. The van der Waals surface area contributed by atoms with Crippen LogP contribution in [0.2, 0.25) is 0 Å². The minimum Gasteiger partial charge on any atom is -0.442 e. The summed E-state index contributed by atoms with van der Waals surface area (Å²) in [4.78, 5) is 39.4. The lowest BCUT2D eigenvalue weighted by Gasteiger charge is -2.12. The number of rotatable bonds is 5. The van der Waals surface area contributed by atoms with Gasteiger partial charge < -0.3 is 10.1 Å². The van der Waals surface area contributed by atoms with Gasteiger partial charge in [-0.2, -0.15) is 0 Å². The standard InChI is InChI=1S/C18H17N3O4/c1-12(23)19-9-16-10-21(18(24)25-16)17-7-6-15(8-20-17)14-4-2-13(11-22)3-5-14/h2-8,11,16H,9-10H2,1H3,(H,19,23). The van der Waals surface area contributed by atoms with E-state index in [0.29, 0.717) is 17.9 Å². The number of cyclic esters (lactones) is 1. The van der Waals surface area contributed by atoms with Gasteiger partial charge in [0.05, 0.1) is 13.1 Å². The fourth-order valence-electron chi connectivity index (χ4n) is 2.54. The molecule has 1 atom stereocenters. The Morgan fingerprint density at radius 3 is 2.60 bits per heavy atom. The van der Waals surface area contributed by atoms with Crippen LogP contribution < -0.4 is 10.2 Å². The summed E-state index contributed by atoms with van der Waals surface area (Å²) in [5.74, 6) is 0.321. The molecule has 25 heavy (non-hydrogen) atoms. The average molecular weight is 339 g/mol. The summed E-state index contributed by atoms with van der Waals surface area (Å²) in [6.45, 7) is 2.02. The lowest BCUT2D eigenvalue weighted by Crippen LogP contribution is -2.33. The number of carbonyl (C=O) groups is 3. The molecular formula is C18H17N3O4. The molecule has 2 aromatic rings. The quantitative estimate of drug-likeness (QED) is 0.842. The maximum atomic E-state index is 12.0. The van der Waals surface area contributed by atoms with Crippen LogP contribution in [0.4, 0.5) is 10.6 Å². The Hall–Kier alpha value is -3.22. The molecule has 128 valence electrons. The molecule has 1 aromatic carbocycles. The second kappa shape index (κ2) is 7.12. The van der Waals surface area contributed by atoms with Crippen molar-refractivity contribution in [3.05, 3.63) is 48.2 Å². The number of amides is 2. The summed E-state index contributed by atoms with van der Waals surface area (Å²) >= 11 is 0. The molecule has 1 aliphatic rings. The van der Waals surface area contributed by atoms with Gasteiger partial charge in [0.25, 0.3) is 0 Å². The lowest BCUT2D eigenvalue weighted by molar-refractivity contribution is -0.119. The Morgan fingerprint density at radius 2 is 2.00 bits per heavy atom. The van der Waals surface area contributed by atoms with Gasteiger partial charge in [-0.25, -0.2) is 9.78 Å². The number of carbonyl (C=O) groups excluding carboxylic acids is 3. The van der Waals surface area contributed by atoms with Gasteiger partial charge in [-0.3, -0.25) is 14.5 Å². The van der Waals surface area contributed by atoms with Gasteiger partial charge in [0.1, 0.15) is 18.2 Å². The van der Waals surface area contributed by atoms with E-state index in [4.69, 9.17) is 4.74 Å². The molecule has 2 amide bonds. The summed E-state index contributed by atoms with van der Waals surface area (Å²) in [6, 6.07) is 10.8. The Kier molecular flexibility index (Phi) is 4.74. The monoisotopic (exact) mass is 339 g/mol. The van der Waals surface area contributed by atoms with E-state index in [-0.39, 0.29) is 12.5 Å². The molecule has 0 radical (unpaired) electrons. The lowest BCUT2D eigenvalue weighted by atomic mass is 10.1. The highest BCUT2D eigenvalue weighted by Crippen LogP contribution is 2.24. The third kappa shape index (κ3) is 3.82. The second-order valence-corrected chi connectivity index (χ2v) is 5.70. The van der Waals surface area contributed by atoms with Crippen molar-refractivity contribution in [3.63, 3.8) is 0 Å². The first-order chi connectivity index (χ1) is 12.1. The zero-order valence-electron chi connectivity index (χ0n) is 13.6. The number of hydrogen-bond donors (Lipinski definition) is 1. The van der Waals surface area contributed by atoms with Gasteiger partial charge in [-0.05, 0) is 17.7 Å². The molecule has 0 saturated carbocycles. The van der Waals surface area contributed by atoms with Crippen LogP contribution in [0.3, 0.4) is 0 Å². The summed E-state index contributed by atoms with van der Waals surface area (Å²) in [6.07, 6.45) is 1.58. The summed E-state index contributed by atoms with van der Waals surface area (Å²) in [5, 5.41) is 2.63. The van der Waals surface area contributed by atoms with Crippen molar-refractivity contribution in [2.45, 2.75) is 13.0 Å². The molecule has 2 heterocycles. The van der Waals surface area contributed by atoms with Crippen LogP contribution in [0, 0.1) is 0 Å². The topological polar surface area (TPSA) is 88.6 Å². The molecule has 1 aliphatic heterocycles. The molecule has 7 heteroatoms. The van der Waals surface area contributed by atoms with Crippen molar-refractivity contribution in [2.75, 3.05) is 18.0 Å². The van der Waals surface area contributed by atoms with Crippen LogP contribution in [0.25, 0.3) is 11.1 Å². The SMILES string of the molecule is CC(=O)NCC1CN(c2ccc(-c3ccc(C=O)cc3)cn2)C(=O)O1. The smallest absolute Gasteiger partial charge is 0.416 e. The van der Waals surface area contributed by atoms with E-state index < -0.39 is 12.2 Å². The van der Waals surface area contributed by atoms with E-state index in [1.54, 1.807) is 24.4 Å². The number of benzene rings is 1. The number of hydrogen-bond acceptors (Lipinski definition) is 5. The van der Waals surface area contributed by atoms with Crippen LogP contribution in [0.5, 0.6) is 0 Å². The number of pyridine rings is 1. The molecule has 7 nitrogen and oxygen atoms in total. The number of aromatic nitrogens is 1. The number of nitrogens with zero attached hydrogens (tertiary/aromatic N) is 2. The van der Waals surface area contributed by atoms with Crippen LogP contribution in [0.15, 0.2) is 42.6 Å². The first kappa shape index (κ1) is 16.6. The molecule has 1 N–H and O–H groups in total. The summed E-state index contributed by atoms with van der Waals surface area (Å²) in [5.41, 5.74) is 2.42. The third-order valence-corrected chi connectivity index (χ3v) is 3.86. The molecule has 0 aliphatic carbocycles. The van der Waals surface area contributed by atoms with Crippen molar-refractivity contribution in [2.24, 2.45) is 0 Å². The van der Waals surface area contributed by atoms with Gasteiger partial charge in [0.15, 0.2) is 0 Å². The number of ether oxygens (including phenoxy) is 1. The Balaban J connectivity index is 1.70. The second-order valence-electron chi connectivity index (χ2n) is 5.70. The first-order valence-electron chi connectivity index (χ1n) is 7.81. The van der Waals surface area contributed by atoms with Crippen molar-refractivity contribution >= 4 is 24.1 Å². The zero-order chi connectivity index (χ0) is 17.8. The summed E-state index contributed by atoms with van der Waals surface area (Å²) in [7, 11) is 0. The van der Waals surface area contributed by atoms with Crippen molar-refractivity contribution in [1.29, 1.82) is 0 Å². The van der Waals surface area contributed by atoms with Crippen molar-refractivity contribution in [1.82, 2.24) is 10.3 Å². The van der Waals surface area contributed by atoms with Gasteiger partial charge in [0, 0.05) is 24.2 Å². The summed E-state index contributed by atoms with van der Waals surface area (Å²) < 4.78 is 5.22. The van der Waals surface area contributed by atoms with E-state index in [0.717, 1.165) is 17.4 Å². The van der Waals surface area contributed by atoms with Crippen LogP contribution >= 0.6 is 0 Å². The fourth-order valence-corrected chi connectivity index (χ4v) is 2.54. The van der Waals surface area contributed by atoms with Crippen molar-refractivity contribution < 1.29 is 19.1 Å². The fraction of sp³-hybridized carbons (Fsp3) is 0.222. The predicted molar refractivity (Wildman–Crippen MR) is 91.4 cm³/mol. The number of nitrogens with one attached hydrogen (secondary N) is 1. The molecule has 0 spiro atoms. The van der Waals surface area contributed by atoms with E-state index >= 15 is 0 Å². The van der Waals surface area contributed by atoms with Crippen LogP contribution in [-0.2, 0) is 9.53 Å². The molecular weight excluding hydrogens is 322 g/mol. The van der Waals surface area contributed by atoms with Gasteiger partial charge in [0.2, 0.25) is 5.91 Å². The first-order valence-corrected chi connectivity index (χ1v) is 7.81. The van der Waals surface area contributed by atoms with Gasteiger partial charge in [-0.1, -0.05) is 24.3 Å². The highest BCUT2D eigenvalue weighted by Gasteiger charge is 2.33. The molecule has 1 aromatic heterocycles. The molecule has 1 unspecified atom stereocenters. The minimum absolute atomic E-state index is 0.169. The Morgan fingerprint density at radius 1 is 1.28 bits per heavy atom. The highest BCUT2D eigenvalue weighted by atomic mass is 16.6. The Labute approximate surface area is 144 Å². The maximum Gasteiger partial charge on any atom is 0.416 e. The Bertz CT molecular complexity index is 787. The third-order valence-electron chi connectivity index (χ3n) is 3.86. The number of aldehydes is 1. The van der Waals surface area contributed by atoms with Gasteiger partial charge in [-0.15, -0.1) is 0 Å². The van der Waals surface area contributed by atoms with Crippen molar-refractivity contribution in [3.8, 4) is 11.1 Å². The molecule has 1 fully saturated rings. The normalized spacial score (nSPS) is 16.4. The highest BCUT2D eigenvalue weighted by molar-refractivity contribution is 5.89. The molecule has 3 rings (SSSR count).